The number of oxazole rings is 1. The second-order valence-corrected chi connectivity index (χ2v) is 10.1. The summed E-state index contributed by atoms with van der Waals surface area (Å²) in [6.45, 7) is 3.36. The minimum absolute atomic E-state index is 0.00281. The Hall–Kier alpha value is -4.51. The number of esters is 1. The first-order chi connectivity index (χ1) is 21.0. The highest BCUT2D eigenvalue weighted by Gasteiger charge is 2.32. The van der Waals surface area contributed by atoms with E-state index in [1.165, 1.54) is 0 Å². The number of hydrogen-bond donors (Lipinski definition) is 0. The summed E-state index contributed by atoms with van der Waals surface area (Å²) in [5.41, 5.74) is 3.97. The highest BCUT2D eigenvalue weighted by Crippen LogP contribution is 2.37. The third-order valence-electron chi connectivity index (χ3n) is 7.57. The molecule has 2 aromatic carbocycles. The van der Waals surface area contributed by atoms with E-state index < -0.39 is 6.10 Å². The van der Waals surface area contributed by atoms with Gasteiger partial charge in [-0.2, -0.15) is 4.98 Å². The van der Waals surface area contributed by atoms with Crippen LogP contribution in [0, 0.1) is 0 Å². The Morgan fingerprint density at radius 3 is 2.16 bits per heavy atom. The molecule has 1 saturated heterocycles. The molecule has 4 aromatic rings. The quantitative estimate of drug-likeness (QED) is 0.200. The van der Waals surface area contributed by atoms with Crippen molar-refractivity contribution in [2.24, 2.45) is 0 Å². The summed E-state index contributed by atoms with van der Waals surface area (Å²) in [6, 6.07) is 11.8. The van der Waals surface area contributed by atoms with Crippen LogP contribution in [-0.2, 0) is 27.4 Å². The van der Waals surface area contributed by atoms with Crippen molar-refractivity contribution in [3.8, 4) is 23.0 Å². The smallest absolute Gasteiger partial charge is 0.335 e. The first-order valence-corrected chi connectivity index (χ1v) is 14.2. The van der Waals surface area contributed by atoms with Crippen molar-refractivity contribution in [1.82, 2.24) is 9.97 Å². The molecule has 0 aliphatic carbocycles. The maximum absolute atomic E-state index is 12.4. The number of rotatable bonds is 12. The third kappa shape index (κ3) is 6.61. The zero-order valence-electron chi connectivity index (χ0n) is 25.1. The number of ether oxygens (including phenoxy) is 6. The van der Waals surface area contributed by atoms with Gasteiger partial charge in [-0.15, -0.1) is 0 Å². The summed E-state index contributed by atoms with van der Waals surface area (Å²) in [5.74, 6) is 2.39. The van der Waals surface area contributed by atoms with Gasteiger partial charge < -0.3 is 37.7 Å². The number of aromatic nitrogens is 2. The Balaban J connectivity index is 1.53. The molecule has 1 aliphatic heterocycles. The van der Waals surface area contributed by atoms with E-state index >= 15 is 0 Å². The Morgan fingerprint density at radius 2 is 1.58 bits per heavy atom. The Kier molecular flexibility index (Phi) is 9.51. The van der Waals surface area contributed by atoms with Crippen molar-refractivity contribution < 1.29 is 37.6 Å². The van der Waals surface area contributed by atoms with E-state index in [4.69, 9.17) is 37.8 Å². The van der Waals surface area contributed by atoms with E-state index in [0.717, 1.165) is 23.1 Å². The zero-order chi connectivity index (χ0) is 30.3. The maximum atomic E-state index is 12.4. The summed E-state index contributed by atoms with van der Waals surface area (Å²) in [4.78, 5) is 23.8. The Labute approximate surface area is 250 Å². The van der Waals surface area contributed by atoms with E-state index in [2.05, 4.69) is 4.98 Å². The molecule has 0 N–H and O–H groups in total. The van der Waals surface area contributed by atoms with Crippen molar-refractivity contribution in [2.75, 3.05) is 46.6 Å². The van der Waals surface area contributed by atoms with Gasteiger partial charge in [0.2, 0.25) is 0 Å². The van der Waals surface area contributed by atoms with Crippen molar-refractivity contribution in [1.29, 1.82) is 0 Å². The predicted octanol–water partition coefficient (Wildman–Crippen LogP) is 5.29. The van der Waals surface area contributed by atoms with Gasteiger partial charge in [0, 0.05) is 41.6 Å². The van der Waals surface area contributed by atoms with Gasteiger partial charge in [-0.3, -0.25) is 4.98 Å². The minimum atomic E-state index is -0.627. The van der Waals surface area contributed by atoms with Crippen LogP contribution in [-0.4, -0.2) is 63.7 Å². The molecule has 0 amide bonds. The van der Waals surface area contributed by atoms with Crippen LogP contribution in [0.2, 0.25) is 0 Å². The molecule has 5 rings (SSSR count). The van der Waals surface area contributed by atoms with Crippen LogP contribution in [0.5, 0.6) is 23.0 Å². The normalized spacial score (nSPS) is 16.5. The topological polar surface area (TPSA) is 115 Å². The molecule has 0 bridgehead atoms. The molecule has 228 valence electrons. The number of hydrogen-bond acceptors (Lipinski definition) is 11. The number of carbonyl (C=O) groups excluding carboxylic acids is 1. The molecule has 11 nitrogen and oxygen atoms in total. The highest BCUT2D eigenvalue weighted by atomic mass is 16.6. The fraction of sp³-hybridized carbons (Fsp3) is 0.406. The van der Waals surface area contributed by atoms with Gasteiger partial charge in [0.25, 0.3) is 6.01 Å². The van der Waals surface area contributed by atoms with Crippen LogP contribution < -0.4 is 23.8 Å². The number of nitrogens with zero attached hydrogens (tertiary/aromatic N) is 3. The van der Waals surface area contributed by atoms with E-state index in [-0.39, 0.29) is 11.9 Å². The predicted molar refractivity (Wildman–Crippen MR) is 159 cm³/mol. The lowest BCUT2D eigenvalue weighted by molar-refractivity contribution is -0.160. The highest BCUT2D eigenvalue weighted by molar-refractivity contribution is 5.78. The molecule has 1 fully saturated rings. The van der Waals surface area contributed by atoms with Crippen molar-refractivity contribution in [3.63, 3.8) is 0 Å². The third-order valence-corrected chi connectivity index (χ3v) is 7.57. The molecule has 3 heterocycles. The SMILES string of the molecule is CCOC(=O)C1CC(c2cncc3nc(N(Cc4ccc(OC)cc4OC)Cc4ccc(OC)cc4OC)oc23)CCO1. The van der Waals surface area contributed by atoms with Crippen LogP contribution in [0.15, 0.2) is 53.2 Å². The minimum Gasteiger partial charge on any atom is -0.497 e. The number of anilines is 1. The maximum Gasteiger partial charge on any atom is 0.335 e. The van der Waals surface area contributed by atoms with E-state index in [9.17, 15) is 4.79 Å². The Bertz CT molecular complexity index is 1500. The number of fused-ring (bicyclic) bond motifs is 1. The number of benzene rings is 2. The first kappa shape index (κ1) is 30.0. The molecule has 0 radical (unpaired) electrons. The molecule has 43 heavy (non-hydrogen) atoms. The van der Waals surface area contributed by atoms with Crippen molar-refractivity contribution >= 4 is 23.1 Å². The van der Waals surface area contributed by atoms with Gasteiger partial charge in [-0.05, 0) is 49.9 Å². The zero-order valence-corrected chi connectivity index (χ0v) is 25.1. The van der Waals surface area contributed by atoms with Gasteiger partial charge in [-0.1, -0.05) is 0 Å². The van der Waals surface area contributed by atoms with Gasteiger partial charge in [0.05, 0.1) is 54.3 Å². The lowest BCUT2D eigenvalue weighted by atomic mass is 9.89. The standard InChI is InChI=1S/C32H37N3O8/c1-6-41-31(36)29-13-20(11-12-42-29)25-16-33-17-26-30(25)43-32(34-26)35(18-21-7-9-23(37-2)14-27(21)39-4)19-22-8-10-24(38-3)15-28(22)40-5/h7-10,14-17,20,29H,6,11-13,18-19H2,1-5H3. The molecule has 1 aliphatic rings. The van der Waals surface area contributed by atoms with Crippen molar-refractivity contribution in [2.45, 2.75) is 44.9 Å². The number of carbonyl (C=O) groups is 1. The van der Waals surface area contributed by atoms with Crippen LogP contribution in [0.1, 0.15) is 42.4 Å². The molecular formula is C32H37N3O8. The average molecular weight is 592 g/mol. The van der Waals surface area contributed by atoms with Crippen LogP contribution >= 0.6 is 0 Å². The van der Waals surface area contributed by atoms with Gasteiger partial charge in [0.15, 0.2) is 11.7 Å². The summed E-state index contributed by atoms with van der Waals surface area (Å²) >= 11 is 0. The lowest BCUT2D eigenvalue weighted by Crippen LogP contribution is -2.33. The fourth-order valence-electron chi connectivity index (χ4n) is 5.33. The second-order valence-electron chi connectivity index (χ2n) is 10.1. The van der Waals surface area contributed by atoms with Gasteiger partial charge in [0.1, 0.15) is 28.5 Å². The largest absolute Gasteiger partial charge is 0.497 e. The number of pyridine rings is 1. The molecule has 0 spiro atoms. The fourth-order valence-corrected chi connectivity index (χ4v) is 5.33. The summed E-state index contributed by atoms with van der Waals surface area (Å²) in [6.07, 6.45) is 4.05. The average Bonchev–Trinajstić information content (AvgIpc) is 3.49. The second kappa shape index (κ2) is 13.6. The molecule has 11 heteroatoms. The van der Waals surface area contributed by atoms with Gasteiger partial charge in [-0.25, -0.2) is 4.79 Å². The summed E-state index contributed by atoms with van der Waals surface area (Å²) < 4.78 is 39.6. The molecule has 2 aromatic heterocycles. The lowest BCUT2D eigenvalue weighted by Gasteiger charge is -2.28. The summed E-state index contributed by atoms with van der Waals surface area (Å²) in [7, 11) is 6.50. The molecule has 2 unspecified atom stereocenters. The Morgan fingerprint density at radius 1 is 0.930 bits per heavy atom. The van der Waals surface area contributed by atoms with E-state index in [0.29, 0.717) is 72.8 Å². The van der Waals surface area contributed by atoms with Crippen LogP contribution in [0.25, 0.3) is 11.1 Å². The monoisotopic (exact) mass is 591 g/mol. The van der Waals surface area contributed by atoms with Crippen LogP contribution in [0.4, 0.5) is 6.01 Å². The molecule has 0 saturated carbocycles. The molecular weight excluding hydrogens is 554 g/mol. The number of methoxy groups -OCH3 is 4. The first-order valence-electron chi connectivity index (χ1n) is 14.2. The summed E-state index contributed by atoms with van der Waals surface area (Å²) in [5, 5.41) is 0. The van der Waals surface area contributed by atoms with E-state index in [1.807, 2.05) is 41.3 Å². The van der Waals surface area contributed by atoms with E-state index in [1.54, 1.807) is 47.8 Å². The van der Waals surface area contributed by atoms with Crippen molar-refractivity contribution in [3.05, 3.63) is 65.5 Å². The van der Waals surface area contributed by atoms with Crippen LogP contribution in [0.3, 0.4) is 0 Å². The van der Waals surface area contributed by atoms with Gasteiger partial charge >= 0.3 is 5.97 Å². The molecule has 2 atom stereocenters.